The van der Waals surface area contributed by atoms with Crippen LogP contribution in [0.3, 0.4) is 0 Å². The van der Waals surface area contributed by atoms with Crippen molar-refractivity contribution in [1.29, 1.82) is 0 Å². The molecule has 6 heteroatoms. The van der Waals surface area contributed by atoms with E-state index in [4.69, 9.17) is 4.74 Å². The molecule has 4 heterocycles. The van der Waals surface area contributed by atoms with Crippen molar-refractivity contribution < 1.29 is 4.74 Å². The zero-order chi connectivity index (χ0) is 16.4. The summed E-state index contributed by atoms with van der Waals surface area (Å²) < 4.78 is 5.43. The highest BCUT2D eigenvalue weighted by molar-refractivity contribution is 7.13. The van der Waals surface area contributed by atoms with Crippen molar-refractivity contribution in [3.63, 3.8) is 0 Å². The van der Waals surface area contributed by atoms with E-state index in [1.807, 2.05) is 25.4 Å². The second-order valence-corrected chi connectivity index (χ2v) is 6.65. The number of rotatable bonds is 3. The first-order valence-electron chi connectivity index (χ1n) is 7.97. The molecule has 0 aliphatic carbocycles. The van der Waals surface area contributed by atoms with Crippen LogP contribution in [0.5, 0.6) is 0 Å². The minimum atomic E-state index is 0.744. The van der Waals surface area contributed by atoms with E-state index in [0.29, 0.717) is 0 Å². The smallest absolute Gasteiger partial charge is 0.133 e. The summed E-state index contributed by atoms with van der Waals surface area (Å²) in [6.07, 6.45) is 3.76. The van der Waals surface area contributed by atoms with Gasteiger partial charge in [0.25, 0.3) is 0 Å². The van der Waals surface area contributed by atoms with Gasteiger partial charge in [-0.15, -0.1) is 11.3 Å². The Morgan fingerprint density at radius 2 is 1.92 bits per heavy atom. The molecule has 0 radical (unpaired) electrons. The second kappa shape index (κ2) is 6.67. The van der Waals surface area contributed by atoms with E-state index in [1.54, 1.807) is 11.3 Å². The zero-order valence-electron chi connectivity index (χ0n) is 13.5. The number of thiophene rings is 1. The van der Waals surface area contributed by atoms with E-state index < -0.39 is 0 Å². The summed E-state index contributed by atoms with van der Waals surface area (Å²) in [5.41, 5.74) is 3.04. The summed E-state index contributed by atoms with van der Waals surface area (Å²) in [6, 6.07) is 8.35. The minimum absolute atomic E-state index is 0.744. The van der Waals surface area contributed by atoms with Gasteiger partial charge < -0.3 is 9.64 Å². The van der Waals surface area contributed by atoms with Crippen molar-refractivity contribution in [3.8, 4) is 21.7 Å². The molecule has 0 atom stereocenters. The van der Waals surface area contributed by atoms with Gasteiger partial charge in [0.05, 0.1) is 18.9 Å². The topological polar surface area (TPSA) is 51.1 Å². The highest BCUT2D eigenvalue weighted by Gasteiger charge is 2.15. The lowest BCUT2D eigenvalue weighted by Gasteiger charge is -2.28. The van der Waals surface area contributed by atoms with E-state index >= 15 is 0 Å². The normalized spacial score (nSPS) is 14.8. The summed E-state index contributed by atoms with van der Waals surface area (Å²) in [5.74, 6) is 1.73. The van der Waals surface area contributed by atoms with E-state index in [-0.39, 0.29) is 0 Å². The van der Waals surface area contributed by atoms with Gasteiger partial charge in [0, 0.05) is 47.6 Å². The molecular weight excluding hydrogens is 320 g/mol. The molecule has 3 aromatic rings. The third-order valence-corrected chi connectivity index (χ3v) is 4.92. The maximum Gasteiger partial charge on any atom is 0.133 e. The molecule has 0 aromatic carbocycles. The second-order valence-electron chi connectivity index (χ2n) is 5.70. The van der Waals surface area contributed by atoms with Crippen LogP contribution in [0.15, 0.2) is 42.0 Å². The van der Waals surface area contributed by atoms with E-state index in [0.717, 1.165) is 54.8 Å². The highest BCUT2D eigenvalue weighted by atomic mass is 32.1. The first-order valence-corrected chi connectivity index (χ1v) is 8.85. The Morgan fingerprint density at radius 3 is 2.71 bits per heavy atom. The van der Waals surface area contributed by atoms with Crippen LogP contribution in [0.25, 0.3) is 21.7 Å². The van der Waals surface area contributed by atoms with Crippen molar-refractivity contribution in [1.82, 2.24) is 15.0 Å². The number of anilines is 1. The van der Waals surface area contributed by atoms with Crippen LogP contribution in [0.4, 0.5) is 5.82 Å². The summed E-state index contributed by atoms with van der Waals surface area (Å²) in [5, 5.41) is 2.08. The van der Waals surface area contributed by atoms with Gasteiger partial charge in [0.2, 0.25) is 0 Å². The molecule has 1 aliphatic heterocycles. The van der Waals surface area contributed by atoms with Crippen LogP contribution in [0.2, 0.25) is 0 Å². The van der Waals surface area contributed by atoms with Crippen molar-refractivity contribution in [2.75, 3.05) is 31.2 Å². The summed E-state index contributed by atoms with van der Waals surface area (Å²) >= 11 is 1.71. The quantitative estimate of drug-likeness (QED) is 0.732. The van der Waals surface area contributed by atoms with Gasteiger partial charge in [-0.05, 0) is 24.4 Å². The van der Waals surface area contributed by atoms with Gasteiger partial charge in [-0.3, -0.25) is 4.98 Å². The fourth-order valence-electron chi connectivity index (χ4n) is 2.81. The summed E-state index contributed by atoms with van der Waals surface area (Å²) in [4.78, 5) is 17.1. The fraction of sp³-hybridized carbons (Fsp3) is 0.278. The molecule has 1 aliphatic rings. The molecular formula is C18H18N4OS. The Kier molecular flexibility index (Phi) is 4.23. The average Bonchev–Trinajstić information content (AvgIpc) is 3.17. The number of morpholine rings is 1. The van der Waals surface area contributed by atoms with E-state index in [9.17, 15) is 0 Å². The number of hydrogen-bond donors (Lipinski definition) is 0. The highest BCUT2D eigenvalue weighted by Crippen LogP contribution is 2.28. The maximum atomic E-state index is 5.43. The summed E-state index contributed by atoms with van der Waals surface area (Å²) in [7, 11) is 0. The van der Waals surface area contributed by atoms with Crippen LogP contribution >= 0.6 is 11.3 Å². The predicted octanol–water partition coefficient (Wildman–Crippen LogP) is 3.41. The number of ether oxygens (including phenoxy) is 1. The number of hydrogen-bond acceptors (Lipinski definition) is 6. The van der Waals surface area contributed by atoms with Crippen LogP contribution in [-0.4, -0.2) is 41.3 Å². The number of aromatic nitrogens is 3. The first-order chi connectivity index (χ1) is 11.8. The van der Waals surface area contributed by atoms with Gasteiger partial charge in [0.1, 0.15) is 11.6 Å². The third-order valence-electron chi connectivity index (χ3n) is 4.00. The molecule has 1 fully saturated rings. The molecule has 1 saturated heterocycles. The molecule has 5 nitrogen and oxygen atoms in total. The van der Waals surface area contributed by atoms with E-state index in [2.05, 4.69) is 43.4 Å². The van der Waals surface area contributed by atoms with Gasteiger partial charge >= 0.3 is 0 Å². The lowest BCUT2D eigenvalue weighted by Crippen LogP contribution is -2.36. The van der Waals surface area contributed by atoms with Gasteiger partial charge in [-0.25, -0.2) is 9.97 Å². The first kappa shape index (κ1) is 15.2. The number of aryl methyl sites for hydroxylation is 1. The fourth-order valence-corrected chi connectivity index (χ4v) is 3.52. The van der Waals surface area contributed by atoms with Gasteiger partial charge in [0.15, 0.2) is 0 Å². The standard InChI is InChI=1S/C18H18N4OS/c1-13-20-16(10-18(21-13)22-4-6-23-7-5-22)14-9-15(12-19-11-14)17-3-2-8-24-17/h2-3,8-12H,4-7H2,1H3. The zero-order valence-corrected chi connectivity index (χ0v) is 14.3. The Labute approximate surface area is 145 Å². The Balaban J connectivity index is 1.71. The largest absolute Gasteiger partial charge is 0.378 e. The molecule has 24 heavy (non-hydrogen) atoms. The number of pyridine rings is 1. The molecule has 0 bridgehead atoms. The molecule has 0 saturated carbocycles. The molecule has 0 spiro atoms. The molecule has 4 rings (SSSR count). The molecule has 0 unspecified atom stereocenters. The van der Waals surface area contributed by atoms with Crippen molar-refractivity contribution in [2.45, 2.75) is 6.92 Å². The Hall–Kier alpha value is -2.31. The Bertz CT molecular complexity index is 829. The molecule has 3 aromatic heterocycles. The van der Waals surface area contributed by atoms with Crippen molar-refractivity contribution in [2.24, 2.45) is 0 Å². The molecule has 122 valence electrons. The van der Waals surface area contributed by atoms with Crippen LogP contribution < -0.4 is 4.90 Å². The predicted molar refractivity (Wildman–Crippen MR) is 96.3 cm³/mol. The maximum absolute atomic E-state index is 5.43. The third kappa shape index (κ3) is 3.16. The van der Waals surface area contributed by atoms with Crippen LogP contribution in [-0.2, 0) is 4.74 Å². The lowest BCUT2D eigenvalue weighted by molar-refractivity contribution is 0.122. The molecule has 0 N–H and O–H groups in total. The Morgan fingerprint density at radius 1 is 1.08 bits per heavy atom. The monoisotopic (exact) mass is 338 g/mol. The van der Waals surface area contributed by atoms with Gasteiger partial charge in [-0.2, -0.15) is 0 Å². The van der Waals surface area contributed by atoms with Crippen LogP contribution in [0, 0.1) is 6.92 Å². The lowest BCUT2D eigenvalue weighted by atomic mass is 10.1. The molecule has 0 amide bonds. The van der Waals surface area contributed by atoms with Crippen LogP contribution in [0.1, 0.15) is 5.82 Å². The SMILES string of the molecule is Cc1nc(-c2cncc(-c3cccs3)c2)cc(N2CCOCC2)n1. The van der Waals surface area contributed by atoms with Crippen molar-refractivity contribution in [3.05, 3.63) is 47.9 Å². The summed E-state index contributed by atoms with van der Waals surface area (Å²) in [6.45, 7) is 5.15. The number of nitrogens with zero attached hydrogens (tertiary/aromatic N) is 4. The van der Waals surface area contributed by atoms with E-state index in [1.165, 1.54) is 4.88 Å². The average molecular weight is 338 g/mol. The minimum Gasteiger partial charge on any atom is -0.378 e. The van der Waals surface area contributed by atoms with Crippen molar-refractivity contribution >= 4 is 17.2 Å². The van der Waals surface area contributed by atoms with Gasteiger partial charge in [-0.1, -0.05) is 6.07 Å².